The Labute approximate surface area is 374 Å². The molecule has 0 N–H and O–H groups in total. The van der Waals surface area contributed by atoms with E-state index in [1.54, 1.807) is 0 Å². The predicted molar refractivity (Wildman–Crippen MR) is 267 cm³/mol. The number of aromatic nitrogens is 6. The molecule has 0 fully saturated rings. The molecule has 4 heterocycles. The lowest BCUT2D eigenvalue weighted by molar-refractivity contribution is 1.07. The molecule has 0 bridgehead atoms. The van der Waals surface area contributed by atoms with Crippen LogP contribution < -0.4 is 0 Å². The van der Waals surface area contributed by atoms with E-state index in [2.05, 4.69) is 208 Å². The van der Waals surface area contributed by atoms with Gasteiger partial charge in [-0.15, -0.1) is 0 Å². The van der Waals surface area contributed by atoms with Gasteiger partial charge in [0.25, 0.3) is 0 Å². The van der Waals surface area contributed by atoms with Gasteiger partial charge in [-0.05, 0) is 90.0 Å². The van der Waals surface area contributed by atoms with Crippen molar-refractivity contribution in [2.24, 2.45) is 0 Å². The van der Waals surface area contributed by atoms with Crippen LogP contribution in [0, 0.1) is 0 Å². The fourth-order valence-electron chi connectivity index (χ4n) is 9.66. The van der Waals surface area contributed by atoms with Crippen molar-refractivity contribution in [3.63, 3.8) is 0 Å². The molecule has 13 aromatic rings. The number of hydrogen-bond acceptors (Lipinski definition) is 3. The summed E-state index contributed by atoms with van der Waals surface area (Å²) >= 11 is 0. The maximum absolute atomic E-state index is 5.22. The molecule has 0 saturated heterocycles. The predicted octanol–water partition coefficient (Wildman–Crippen LogP) is 14.7. The standard InChI is InChI=1S/C59H38N6/c1-6-18-39(19-7-1)43-32-44(59-61-57(40-20-8-2-9-21-40)60-58(62-59)41-22-10-3-11-23-41)34-47(33-43)65-54-35-42-30-31-63(45-24-12-4-13-25-45)53(42)36-50(54)51-38-55-49(37-56(51)65)48-28-16-17-29-52(48)64(55)46-26-14-5-15-27-46/h1-38H. The second kappa shape index (κ2) is 14.9. The van der Waals surface area contributed by atoms with E-state index in [4.69, 9.17) is 15.0 Å². The number of rotatable bonds is 7. The highest BCUT2D eigenvalue weighted by atomic mass is 15.0. The minimum Gasteiger partial charge on any atom is -0.317 e. The van der Waals surface area contributed by atoms with Gasteiger partial charge in [-0.2, -0.15) is 0 Å². The molecule has 0 spiro atoms. The molecule has 0 aliphatic heterocycles. The fraction of sp³-hybridized carbons (Fsp3) is 0. The molecule has 0 unspecified atom stereocenters. The van der Waals surface area contributed by atoms with E-state index >= 15 is 0 Å². The Hall–Kier alpha value is -8.87. The zero-order valence-corrected chi connectivity index (χ0v) is 35.1. The molecule has 0 aliphatic rings. The third-order valence-electron chi connectivity index (χ3n) is 12.7. The van der Waals surface area contributed by atoms with Crippen LogP contribution in [-0.2, 0) is 0 Å². The SMILES string of the molecule is c1ccc(-c2cc(-c3nc(-c4ccccc4)nc(-c4ccccc4)n3)cc(-n3c4cc5ccn(-c6ccccc6)c5cc4c4cc5c(cc43)c3ccccc3n5-c3ccccc3)c2)cc1. The van der Waals surface area contributed by atoms with Gasteiger partial charge in [-0.1, -0.05) is 146 Å². The summed E-state index contributed by atoms with van der Waals surface area (Å²) < 4.78 is 7.15. The molecular weight excluding hydrogens is 793 g/mol. The van der Waals surface area contributed by atoms with Gasteiger partial charge in [0.15, 0.2) is 17.5 Å². The lowest BCUT2D eigenvalue weighted by Crippen LogP contribution is -2.02. The number of nitrogens with zero attached hydrogens (tertiary/aromatic N) is 6. The summed E-state index contributed by atoms with van der Waals surface area (Å²) in [5.41, 5.74) is 13.9. The van der Waals surface area contributed by atoms with Crippen molar-refractivity contribution in [2.75, 3.05) is 0 Å². The summed E-state index contributed by atoms with van der Waals surface area (Å²) in [6, 6.07) is 79.5. The van der Waals surface area contributed by atoms with E-state index in [1.807, 2.05) is 36.4 Å². The van der Waals surface area contributed by atoms with Crippen molar-refractivity contribution in [3.8, 4) is 62.4 Å². The molecule has 6 nitrogen and oxygen atoms in total. The van der Waals surface area contributed by atoms with E-state index in [1.165, 1.54) is 27.1 Å². The van der Waals surface area contributed by atoms with Crippen LogP contribution in [0.3, 0.4) is 0 Å². The third-order valence-corrected chi connectivity index (χ3v) is 12.7. The normalized spacial score (nSPS) is 11.7. The molecule has 6 heteroatoms. The van der Waals surface area contributed by atoms with Crippen LogP contribution in [0.25, 0.3) is 117 Å². The van der Waals surface area contributed by atoms with Gasteiger partial charge in [0, 0.05) is 66.9 Å². The largest absolute Gasteiger partial charge is 0.317 e. The molecule has 9 aromatic carbocycles. The Morgan fingerprint density at radius 2 is 0.708 bits per heavy atom. The Kier molecular flexibility index (Phi) is 8.42. The van der Waals surface area contributed by atoms with Crippen molar-refractivity contribution in [1.29, 1.82) is 0 Å². The Morgan fingerprint density at radius 3 is 1.32 bits per heavy atom. The van der Waals surface area contributed by atoms with Gasteiger partial charge in [0.05, 0.1) is 27.6 Å². The van der Waals surface area contributed by atoms with E-state index < -0.39 is 0 Å². The van der Waals surface area contributed by atoms with Crippen molar-refractivity contribution in [3.05, 3.63) is 231 Å². The number of fused-ring (bicyclic) bond motifs is 7. The fourth-order valence-corrected chi connectivity index (χ4v) is 9.66. The van der Waals surface area contributed by atoms with Crippen LogP contribution >= 0.6 is 0 Å². The van der Waals surface area contributed by atoms with Gasteiger partial charge >= 0.3 is 0 Å². The first-order valence-electron chi connectivity index (χ1n) is 21.9. The number of benzene rings is 9. The highest BCUT2D eigenvalue weighted by Gasteiger charge is 2.22. The Morgan fingerprint density at radius 1 is 0.262 bits per heavy atom. The zero-order chi connectivity index (χ0) is 42.8. The summed E-state index contributed by atoms with van der Waals surface area (Å²) in [4.78, 5) is 15.5. The Bertz CT molecular complexity index is 3850. The van der Waals surface area contributed by atoms with Gasteiger partial charge < -0.3 is 13.7 Å². The smallest absolute Gasteiger partial charge is 0.164 e. The van der Waals surface area contributed by atoms with E-state index in [-0.39, 0.29) is 0 Å². The van der Waals surface area contributed by atoms with Crippen LogP contribution in [0.2, 0.25) is 0 Å². The second-order valence-corrected chi connectivity index (χ2v) is 16.5. The van der Waals surface area contributed by atoms with Gasteiger partial charge in [0.1, 0.15) is 0 Å². The summed E-state index contributed by atoms with van der Waals surface area (Å²) in [7, 11) is 0. The first-order chi connectivity index (χ1) is 32.2. The van der Waals surface area contributed by atoms with E-state index in [0.29, 0.717) is 17.5 Å². The minimum absolute atomic E-state index is 0.605. The van der Waals surface area contributed by atoms with Crippen LogP contribution in [-0.4, -0.2) is 28.7 Å². The molecule has 4 aromatic heterocycles. The maximum atomic E-state index is 5.22. The van der Waals surface area contributed by atoms with Gasteiger partial charge in [0.2, 0.25) is 0 Å². The highest BCUT2D eigenvalue weighted by Crippen LogP contribution is 2.42. The summed E-state index contributed by atoms with van der Waals surface area (Å²) in [6.45, 7) is 0. The molecule has 0 atom stereocenters. The van der Waals surface area contributed by atoms with Gasteiger partial charge in [-0.25, -0.2) is 15.0 Å². The average Bonchev–Trinajstić information content (AvgIpc) is 4.05. The van der Waals surface area contributed by atoms with Crippen LogP contribution in [0.1, 0.15) is 0 Å². The Balaban J connectivity index is 1.14. The van der Waals surface area contributed by atoms with Crippen LogP contribution in [0.15, 0.2) is 231 Å². The minimum atomic E-state index is 0.605. The summed E-state index contributed by atoms with van der Waals surface area (Å²) in [5, 5.41) is 5.89. The first kappa shape index (κ1) is 36.8. The first-order valence-corrected chi connectivity index (χ1v) is 21.9. The van der Waals surface area contributed by atoms with E-state index in [9.17, 15) is 0 Å². The molecule has 0 amide bonds. The second-order valence-electron chi connectivity index (χ2n) is 16.5. The molecule has 0 aliphatic carbocycles. The van der Waals surface area contributed by atoms with Crippen molar-refractivity contribution in [2.45, 2.75) is 0 Å². The lowest BCUT2D eigenvalue weighted by atomic mass is 10.0. The third kappa shape index (κ3) is 6.15. The van der Waals surface area contributed by atoms with Crippen molar-refractivity contribution < 1.29 is 0 Å². The zero-order valence-electron chi connectivity index (χ0n) is 35.1. The molecule has 304 valence electrons. The molecule has 13 rings (SSSR count). The summed E-state index contributed by atoms with van der Waals surface area (Å²) in [6.07, 6.45) is 2.18. The van der Waals surface area contributed by atoms with Gasteiger partial charge in [-0.3, -0.25) is 0 Å². The lowest BCUT2D eigenvalue weighted by Gasteiger charge is -2.15. The molecule has 65 heavy (non-hydrogen) atoms. The van der Waals surface area contributed by atoms with E-state index in [0.717, 1.165) is 72.3 Å². The topological polar surface area (TPSA) is 53.5 Å². The molecular formula is C59H38N6. The van der Waals surface area contributed by atoms with Crippen molar-refractivity contribution in [1.82, 2.24) is 28.7 Å². The highest BCUT2D eigenvalue weighted by molar-refractivity contribution is 6.20. The maximum Gasteiger partial charge on any atom is 0.164 e. The van der Waals surface area contributed by atoms with Crippen LogP contribution in [0.5, 0.6) is 0 Å². The van der Waals surface area contributed by atoms with Crippen molar-refractivity contribution >= 4 is 54.5 Å². The molecule has 0 saturated carbocycles. The quantitative estimate of drug-likeness (QED) is 0.161. The molecule has 0 radical (unpaired) electrons. The number of para-hydroxylation sites is 3. The number of hydrogen-bond donors (Lipinski definition) is 0. The summed E-state index contributed by atoms with van der Waals surface area (Å²) in [5.74, 6) is 1.86. The van der Waals surface area contributed by atoms with Crippen LogP contribution in [0.4, 0.5) is 0 Å². The average molecular weight is 831 g/mol. The monoisotopic (exact) mass is 830 g/mol.